The second-order valence-corrected chi connectivity index (χ2v) is 5.88. The van der Waals surface area contributed by atoms with Crippen molar-refractivity contribution >= 4 is 29.0 Å². The smallest absolute Gasteiger partial charge is 0.269 e. The lowest BCUT2D eigenvalue weighted by molar-refractivity contribution is 0.0962. The summed E-state index contributed by atoms with van der Waals surface area (Å²) in [6.07, 6.45) is 1.29. The van der Waals surface area contributed by atoms with Crippen LogP contribution in [0, 0.1) is 6.92 Å². The first-order valence-electron chi connectivity index (χ1n) is 7.70. The Labute approximate surface area is 155 Å². The van der Waals surface area contributed by atoms with E-state index in [1.807, 2.05) is 31.2 Å². The number of hydrogen-bond donors (Lipinski definition) is 3. The molecule has 0 spiro atoms. The number of halogens is 1. The number of nitrogens with two attached hydrogens (primary N) is 1. The van der Waals surface area contributed by atoms with Crippen LogP contribution < -0.4 is 21.3 Å². The van der Waals surface area contributed by atoms with Gasteiger partial charge in [0.15, 0.2) is 5.82 Å². The number of aromatic nitrogens is 2. The topological polar surface area (TPSA) is 102 Å². The molecule has 1 aromatic heterocycles. The third kappa shape index (κ3) is 4.20. The molecular formula is C18H16ClN5O2. The highest BCUT2D eigenvalue weighted by Crippen LogP contribution is 2.28. The molecule has 7 nitrogen and oxygen atoms in total. The van der Waals surface area contributed by atoms with E-state index in [2.05, 4.69) is 20.8 Å². The van der Waals surface area contributed by atoms with Gasteiger partial charge >= 0.3 is 0 Å². The van der Waals surface area contributed by atoms with E-state index in [1.54, 1.807) is 24.3 Å². The summed E-state index contributed by atoms with van der Waals surface area (Å²) < 4.78 is 5.67. The second kappa shape index (κ2) is 7.71. The largest absolute Gasteiger partial charge is 0.437 e. The van der Waals surface area contributed by atoms with Crippen LogP contribution in [0.3, 0.4) is 0 Å². The first kappa shape index (κ1) is 17.5. The van der Waals surface area contributed by atoms with Gasteiger partial charge in [0.05, 0.1) is 0 Å². The molecule has 8 heteroatoms. The molecule has 1 amide bonds. The first-order valence-corrected chi connectivity index (χ1v) is 8.07. The number of ether oxygens (including phenoxy) is 1. The number of anilines is 2. The summed E-state index contributed by atoms with van der Waals surface area (Å²) in [5.74, 6) is 0.613. The Morgan fingerprint density at radius 3 is 2.65 bits per heavy atom. The fourth-order valence-electron chi connectivity index (χ4n) is 2.10. The minimum atomic E-state index is -0.383. The predicted octanol–water partition coefficient (Wildman–Crippen LogP) is 3.57. The van der Waals surface area contributed by atoms with Gasteiger partial charge in [0.25, 0.3) is 5.91 Å². The molecule has 2 aromatic carbocycles. The molecule has 0 fully saturated rings. The fourth-order valence-corrected chi connectivity index (χ4v) is 2.29. The maximum Gasteiger partial charge on any atom is 0.269 e. The summed E-state index contributed by atoms with van der Waals surface area (Å²) in [6.45, 7) is 1.98. The average molecular weight is 370 g/mol. The number of rotatable bonds is 5. The lowest BCUT2D eigenvalue weighted by Gasteiger charge is -2.12. The van der Waals surface area contributed by atoms with Crippen molar-refractivity contribution < 1.29 is 9.53 Å². The zero-order valence-electron chi connectivity index (χ0n) is 13.9. The molecule has 0 unspecified atom stereocenters. The van der Waals surface area contributed by atoms with Crippen molar-refractivity contribution in [2.45, 2.75) is 6.92 Å². The van der Waals surface area contributed by atoms with Gasteiger partial charge in [-0.2, -0.15) is 4.98 Å². The molecule has 0 aliphatic carbocycles. The number of nitrogens with one attached hydrogen (secondary N) is 2. The van der Waals surface area contributed by atoms with Crippen LogP contribution in [0.2, 0.25) is 5.02 Å². The van der Waals surface area contributed by atoms with Gasteiger partial charge in [0, 0.05) is 10.6 Å². The molecule has 0 saturated carbocycles. The number of hydrazine groups is 1. The predicted molar refractivity (Wildman–Crippen MR) is 100 cm³/mol. The van der Waals surface area contributed by atoms with E-state index in [4.69, 9.17) is 22.1 Å². The van der Waals surface area contributed by atoms with E-state index in [0.29, 0.717) is 16.3 Å². The first-order chi connectivity index (χ1) is 12.5. The van der Waals surface area contributed by atoms with Crippen LogP contribution in [0.5, 0.6) is 11.6 Å². The molecule has 3 rings (SSSR count). The Bertz CT molecular complexity index is 931. The molecule has 132 valence electrons. The van der Waals surface area contributed by atoms with Crippen molar-refractivity contribution in [3.05, 3.63) is 71.0 Å². The van der Waals surface area contributed by atoms with Crippen LogP contribution >= 0.6 is 11.6 Å². The molecule has 0 aliphatic rings. The van der Waals surface area contributed by atoms with Crippen LogP contribution in [-0.2, 0) is 0 Å². The summed E-state index contributed by atoms with van der Waals surface area (Å²) in [5, 5.41) is 0.466. The number of hydrogen-bond acceptors (Lipinski definition) is 6. The molecule has 1 heterocycles. The van der Waals surface area contributed by atoms with E-state index >= 15 is 0 Å². The average Bonchev–Trinajstić information content (AvgIpc) is 2.64. The van der Waals surface area contributed by atoms with E-state index < -0.39 is 0 Å². The van der Waals surface area contributed by atoms with E-state index in [9.17, 15) is 4.79 Å². The van der Waals surface area contributed by atoms with Gasteiger partial charge in [-0.15, -0.1) is 0 Å². The third-order valence-electron chi connectivity index (χ3n) is 3.46. The molecule has 4 N–H and O–H groups in total. The molecule has 0 aliphatic heterocycles. The quantitative estimate of drug-likeness (QED) is 0.594. The summed E-state index contributed by atoms with van der Waals surface area (Å²) in [6, 6.07) is 14.0. The molecule has 0 radical (unpaired) electrons. The molecule has 0 atom stereocenters. The number of aryl methyl sites for hydroxylation is 1. The van der Waals surface area contributed by atoms with Gasteiger partial charge in [-0.3, -0.25) is 15.6 Å². The van der Waals surface area contributed by atoms with Crippen molar-refractivity contribution in [2.75, 3.05) is 11.2 Å². The molecule has 3 aromatic rings. The van der Waals surface area contributed by atoms with Gasteiger partial charge in [-0.05, 0) is 37.3 Å². The van der Waals surface area contributed by atoms with E-state index in [-0.39, 0.29) is 23.3 Å². The normalized spacial score (nSPS) is 10.2. The number of benzene rings is 2. The monoisotopic (exact) mass is 369 g/mol. The highest BCUT2D eigenvalue weighted by molar-refractivity contribution is 6.30. The summed E-state index contributed by atoms with van der Waals surface area (Å²) >= 11 is 5.88. The summed E-state index contributed by atoms with van der Waals surface area (Å²) in [7, 11) is 0. The van der Waals surface area contributed by atoms with Gasteiger partial charge in [0.1, 0.15) is 17.8 Å². The Balaban J connectivity index is 1.70. The number of carbonyl (C=O) groups is 1. The van der Waals surface area contributed by atoms with Crippen molar-refractivity contribution in [1.82, 2.24) is 15.4 Å². The third-order valence-corrected chi connectivity index (χ3v) is 3.70. The Morgan fingerprint density at radius 2 is 1.92 bits per heavy atom. The molecule has 0 bridgehead atoms. The van der Waals surface area contributed by atoms with Gasteiger partial charge in [0.2, 0.25) is 5.88 Å². The SMILES string of the molecule is Cc1ccc(Oc2ncnc(NNC(=O)c3cccc(Cl)c3)c2N)cc1. The zero-order chi connectivity index (χ0) is 18.5. The van der Waals surface area contributed by atoms with Crippen molar-refractivity contribution in [3.63, 3.8) is 0 Å². The van der Waals surface area contributed by atoms with E-state index in [1.165, 1.54) is 6.33 Å². The molecule has 26 heavy (non-hydrogen) atoms. The molecular weight excluding hydrogens is 354 g/mol. The van der Waals surface area contributed by atoms with Crippen LogP contribution in [0.15, 0.2) is 54.9 Å². The second-order valence-electron chi connectivity index (χ2n) is 5.45. The Kier molecular flexibility index (Phi) is 5.19. The van der Waals surface area contributed by atoms with Crippen LogP contribution in [0.25, 0.3) is 0 Å². The lowest BCUT2D eigenvalue weighted by Crippen LogP contribution is -2.30. The lowest BCUT2D eigenvalue weighted by atomic mass is 10.2. The standard InChI is InChI=1S/C18H16ClN5O2/c1-11-5-7-14(8-6-11)26-18-15(20)16(21-10-22-18)23-24-17(25)12-3-2-4-13(19)9-12/h2-10H,20H2,1H3,(H,24,25)(H,21,22,23). The maximum absolute atomic E-state index is 12.1. The minimum absolute atomic E-state index is 0.166. The van der Waals surface area contributed by atoms with E-state index in [0.717, 1.165) is 5.56 Å². The van der Waals surface area contributed by atoms with Crippen molar-refractivity contribution in [3.8, 4) is 11.6 Å². The van der Waals surface area contributed by atoms with Crippen LogP contribution in [0.1, 0.15) is 15.9 Å². The zero-order valence-corrected chi connectivity index (χ0v) is 14.6. The minimum Gasteiger partial charge on any atom is -0.437 e. The summed E-state index contributed by atoms with van der Waals surface area (Å²) in [4.78, 5) is 20.2. The maximum atomic E-state index is 12.1. The number of nitrogens with zero attached hydrogens (tertiary/aromatic N) is 2. The van der Waals surface area contributed by atoms with Crippen molar-refractivity contribution in [2.24, 2.45) is 0 Å². The molecule has 0 saturated heterocycles. The fraction of sp³-hybridized carbons (Fsp3) is 0.0556. The van der Waals surface area contributed by atoms with Crippen molar-refractivity contribution in [1.29, 1.82) is 0 Å². The Morgan fingerprint density at radius 1 is 1.15 bits per heavy atom. The Hall–Kier alpha value is -3.32. The van der Waals surface area contributed by atoms with Gasteiger partial charge < -0.3 is 10.5 Å². The number of amides is 1. The van der Waals surface area contributed by atoms with Crippen LogP contribution in [-0.4, -0.2) is 15.9 Å². The number of nitrogen functional groups attached to an aromatic ring is 1. The van der Waals surface area contributed by atoms with Gasteiger partial charge in [-0.25, -0.2) is 4.98 Å². The van der Waals surface area contributed by atoms with Gasteiger partial charge in [-0.1, -0.05) is 35.4 Å². The highest BCUT2D eigenvalue weighted by Gasteiger charge is 2.12. The van der Waals surface area contributed by atoms with Crippen LogP contribution in [0.4, 0.5) is 11.5 Å². The summed E-state index contributed by atoms with van der Waals surface area (Å²) in [5.41, 5.74) is 12.9. The highest BCUT2D eigenvalue weighted by atomic mass is 35.5. The number of carbonyl (C=O) groups excluding carboxylic acids is 1.